The first-order chi connectivity index (χ1) is 16.2. The number of thiocarbonyl (C=S) groups is 1. The Kier molecular flexibility index (Phi) is 7.00. The Labute approximate surface area is 208 Å². The number of aryl methyl sites for hydroxylation is 1. The number of thioether (sulfide) groups is 1. The van der Waals surface area contributed by atoms with Crippen LogP contribution in [-0.4, -0.2) is 42.5 Å². The molecule has 4 rings (SSSR count). The Morgan fingerprint density at radius 3 is 2.62 bits per heavy atom. The highest BCUT2D eigenvalue weighted by Gasteiger charge is 2.32. The Morgan fingerprint density at radius 2 is 1.94 bits per heavy atom. The van der Waals surface area contributed by atoms with Crippen LogP contribution in [0.15, 0.2) is 59.6 Å². The minimum atomic E-state index is -0.968. The molecule has 1 aliphatic heterocycles. The maximum atomic E-state index is 13.0. The first-order valence-electron chi connectivity index (χ1n) is 11.0. The molecule has 0 bridgehead atoms. The molecule has 1 fully saturated rings. The van der Waals surface area contributed by atoms with Crippen LogP contribution in [-0.2, 0) is 9.59 Å². The molecule has 3 aromatic rings. The number of hydrogen-bond donors (Lipinski definition) is 1. The minimum absolute atomic E-state index is 0.0585. The summed E-state index contributed by atoms with van der Waals surface area (Å²) in [4.78, 5) is 25.8. The van der Waals surface area contributed by atoms with Crippen LogP contribution in [0.3, 0.4) is 0 Å². The normalized spacial score (nSPS) is 15.1. The highest BCUT2D eigenvalue weighted by atomic mass is 32.2. The number of carboxylic acids is 1. The summed E-state index contributed by atoms with van der Waals surface area (Å²) in [5.41, 5.74) is 5.79. The van der Waals surface area contributed by atoms with Crippen molar-refractivity contribution in [3.8, 4) is 16.9 Å². The van der Waals surface area contributed by atoms with Crippen LogP contribution in [0.4, 0.5) is 0 Å². The molecule has 6 nitrogen and oxygen atoms in total. The van der Waals surface area contributed by atoms with Gasteiger partial charge in [0.1, 0.15) is 10.0 Å². The summed E-state index contributed by atoms with van der Waals surface area (Å²) in [6.07, 6.45) is 3.57. The van der Waals surface area contributed by atoms with E-state index in [-0.39, 0.29) is 18.9 Å². The maximum absolute atomic E-state index is 13.0. The van der Waals surface area contributed by atoms with E-state index in [1.54, 1.807) is 0 Å². The molecule has 2 heterocycles. The number of aliphatic carboxylic acids is 1. The van der Waals surface area contributed by atoms with E-state index in [1.807, 2.05) is 47.3 Å². The molecule has 1 N–H and O–H groups in total. The van der Waals surface area contributed by atoms with Crippen molar-refractivity contribution in [3.05, 3.63) is 76.3 Å². The van der Waals surface area contributed by atoms with Crippen LogP contribution in [0, 0.1) is 6.92 Å². The van der Waals surface area contributed by atoms with E-state index >= 15 is 0 Å². The van der Waals surface area contributed by atoms with Gasteiger partial charge in [0.25, 0.3) is 5.91 Å². The van der Waals surface area contributed by atoms with Gasteiger partial charge in [-0.25, -0.2) is 4.68 Å². The topological polar surface area (TPSA) is 75.4 Å². The maximum Gasteiger partial charge on any atom is 0.305 e. The van der Waals surface area contributed by atoms with E-state index < -0.39 is 5.97 Å². The van der Waals surface area contributed by atoms with E-state index in [1.165, 1.54) is 22.2 Å². The predicted octanol–water partition coefficient (Wildman–Crippen LogP) is 5.65. The number of carboxylic acid groups (broad SMARTS) is 1. The van der Waals surface area contributed by atoms with Crippen molar-refractivity contribution in [1.29, 1.82) is 0 Å². The van der Waals surface area contributed by atoms with Gasteiger partial charge in [-0.05, 0) is 48.2 Å². The number of benzene rings is 2. The molecule has 1 aliphatic rings. The Morgan fingerprint density at radius 1 is 1.21 bits per heavy atom. The lowest BCUT2D eigenvalue weighted by molar-refractivity contribution is -0.137. The molecule has 1 aromatic heterocycles. The molecule has 0 aliphatic carbocycles. The van der Waals surface area contributed by atoms with E-state index in [2.05, 4.69) is 39.0 Å². The highest BCUT2D eigenvalue weighted by Crippen LogP contribution is 2.36. The molecule has 1 amide bonds. The van der Waals surface area contributed by atoms with Crippen LogP contribution >= 0.6 is 24.0 Å². The lowest BCUT2D eigenvalue weighted by atomic mass is 9.95. The van der Waals surface area contributed by atoms with Gasteiger partial charge in [-0.1, -0.05) is 68.2 Å². The average molecular weight is 492 g/mol. The fraction of sp³-hybridized carbons (Fsp3) is 0.231. The standard InChI is InChI=1S/C26H25N3O3S2/c1-16(2)18-10-9-17(3)21(13-18)24-19(15-29(27-24)20-7-5-4-6-8-20)14-22-25(32)28(26(33)34-22)12-11-23(30)31/h4-10,13-16H,11-12H2,1-3H3,(H,30,31)/b22-14+. The summed E-state index contributed by atoms with van der Waals surface area (Å²) >= 11 is 6.54. The van der Waals surface area contributed by atoms with Crippen LogP contribution < -0.4 is 0 Å². The van der Waals surface area contributed by atoms with Crippen LogP contribution in [0.2, 0.25) is 0 Å². The van der Waals surface area contributed by atoms with E-state index in [0.717, 1.165) is 28.1 Å². The lowest BCUT2D eigenvalue weighted by Crippen LogP contribution is -2.30. The molecule has 0 atom stereocenters. The van der Waals surface area contributed by atoms with Crippen molar-refractivity contribution in [2.75, 3.05) is 6.54 Å². The van der Waals surface area contributed by atoms with Crippen molar-refractivity contribution in [1.82, 2.24) is 14.7 Å². The molecule has 8 heteroatoms. The Balaban J connectivity index is 1.81. The number of para-hydroxylation sites is 1. The lowest BCUT2D eigenvalue weighted by Gasteiger charge is -2.12. The van der Waals surface area contributed by atoms with Gasteiger partial charge in [0.05, 0.1) is 17.0 Å². The quantitative estimate of drug-likeness (QED) is 0.340. The van der Waals surface area contributed by atoms with Crippen molar-refractivity contribution in [2.24, 2.45) is 0 Å². The van der Waals surface area contributed by atoms with Gasteiger partial charge < -0.3 is 5.11 Å². The first kappa shape index (κ1) is 23.9. The number of aromatic nitrogens is 2. The summed E-state index contributed by atoms with van der Waals surface area (Å²) in [7, 11) is 0. The summed E-state index contributed by atoms with van der Waals surface area (Å²) in [5.74, 6) is -0.878. The number of amides is 1. The monoisotopic (exact) mass is 491 g/mol. The van der Waals surface area contributed by atoms with Crippen molar-refractivity contribution in [2.45, 2.75) is 33.1 Å². The predicted molar refractivity (Wildman–Crippen MR) is 140 cm³/mol. The molecule has 0 spiro atoms. The second-order valence-electron chi connectivity index (χ2n) is 8.42. The molecule has 0 saturated carbocycles. The third-order valence-corrected chi connectivity index (χ3v) is 7.03. The molecule has 0 unspecified atom stereocenters. The second kappa shape index (κ2) is 9.95. The van der Waals surface area contributed by atoms with E-state index in [9.17, 15) is 9.59 Å². The van der Waals surface area contributed by atoms with Gasteiger partial charge in [-0.2, -0.15) is 5.10 Å². The summed E-state index contributed by atoms with van der Waals surface area (Å²) in [5, 5.41) is 13.9. The minimum Gasteiger partial charge on any atom is -0.481 e. The van der Waals surface area contributed by atoms with Crippen LogP contribution in [0.1, 0.15) is 42.9 Å². The Bertz CT molecular complexity index is 1300. The van der Waals surface area contributed by atoms with Crippen molar-refractivity contribution < 1.29 is 14.7 Å². The van der Waals surface area contributed by atoms with Gasteiger partial charge in [-0.15, -0.1) is 0 Å². The third kappa shape index (κ3) is 4.98. The van der Waals surface area contributed by atoms with Crippen molar-refractivity contribution in [3.63, 3.8) is 0 Å². The summed E-state index contributed by atoms with van der Waals surface area (Å²) in [6, 6.07) is 16.2. The van der Waals surface area contributed by atoms with Crippen molar-refractivity contribution >= 4 is 46.3 Å². The van der Waals surface area contributed by atoms with Crippen LogP contribution in [0.25, 0.3) is 23.0 Å². The van der Waals surface area contributed by atoms with Crippen LogP contribution in [0.5, 0.6) is 0 Å². The summed E-state index contributed by atoms with van der Waals surface area (Å²) < 4.78 is 2.18. The number of nitrogens with zero attached hydrogens (tertiary/aromatic N) is 3. The van der Waals surface area contributed by atoms with E-state index in [0.29, 0.717) is 15.1 Å². The molecule has 174 valence electrons. The number of hydrogen-bond acceptors (Lipinski definition) is 5. The average Bonchev–Trinajstić information content (AvgIpc) is 3.34. The highest BCUT2D eigenvalue weighted by molar-refractivity contribution is 8.26. The zero-order chi connectivity index (χ0) is 24.4. The van der Waals surface area contributed by atoms with Gasteiger partial charge in [0.15, 0.2) is 0 Å². The first-order valence-corrected chi connectivity index (χ1v) is 12.2. The third-order valence-electron chi connectivity index (χ3n) is 5.66. The zero-order valence-corrected chi connectivity index (χ0v) is 20.8. The summed E-state index contributed by atoms with van der Waals surface area (Å²) in [6.45, 7) is 6.42. The van der Waals surface area contributed by atoms with Gasteiger partial charge in [0, 0.05) is 23.9 Å². The fourth-order valence-electron chi connectivity index (χ4n) is 3.71. The molecule has 2 aromatic carbocycles. The molecular weight excluding hydrogens is 466 g/mol. The Hall–Kier alpha value is -3.23. The molecule has 0 radical (unpaired) electrons. The van der Waals surface area contributed by atoms with Gasteiger partial charge >= 0.3 is 5.97 Å². The SMILES string of the molecule is Cc1ccc(C(C)C)cc1-c1nn(-c2ccccc2)cc1/C=C1/SC(=S)N(CCC(=O)O)C1=O. The number of rotatable bonds is 7. The number of carbonyl (C=O) groups excluding carboxylic acids is 1. The zero-order valence-electron chi connectivity index (χ0n) is 19.2. The molecule has 34 heavy (non-hydrogen) atoms. The fourth-order valence-corrected chi connectivity index (χ4v) is 5.01. The molecular formula is C26H25N3O3S2. The smallest absolute Gasteiger partial charge is 0.305 e. The van der Waals surface area contributed by atoms with Gasteiger partial charge in [0.2, 0.25) is 0 Å². The largest absolute Gasteiger partial charge is 0.481 e. The van der Waals surface area contributed by atoms with E-state index in [4.69, 9.17) is 22.4 Å². The van der Waals surface area contributed by atoms with Gasteiger partial charge in [-0.3, -0.25) is 14.5 Å². The number of carbonyl (C=O) groups is 2. The molecule has 1 saturated heterocycles. The second-order valence-corrected chi connectivity index (χ2v) is 10.1.